The lowest BCUT2D eigenvalue weighted by Gasteiger charge is -2.18. The van der Waals surface area contributed by atoms with Gasteiger partial charge in [-0.05, 0) is 45.7 Å². The number of nitrogens with one attached hydrogen (secondary N) is 1. The SMILES string of the molecule is Cc1nn(C)c(C)c1NC(=O)[C@H](C)Sc1nc2ccccc2c(=O)n1C[C@H]1CCCO1. The van der Waals surface area contributed by atoms with Crippen molar-refractivity contribution >= 4 is 34.3 Å². The quantitative estimate of drug-likeness (QED) is 0.467. The standard InChI is InChI=1S/C22H27N5O3S/c1-13-19(14(2)26(4)25-13)24-20(28)15(3)31-22-23-18-10-6-5-9-17(18)21(29)27(22)12-16-8-7-11-30-16/h5-6,9-10,15-16H,7-8,11-12H2,1-4H3,(H,24,28)/t15-,16+/m0/s1. The fourth-order valence-corrected chi connectivity index (χ4v) is 4.70. The van der Waals surface area contributed by atoms with E-state index in [2.05, 4.69) is 10.4 Å². The predicted octanol–water partition coefficient (Wildman–Crippen LogP) is 3.05. The van der Waals surface area contributed by atoms with Crippen LogP contribution < -0.4 is 10.9 Å². The molecule has 1 aliphatic heterocycles. The lowest BCUT2D eigenvalue weighted by atomic mass is 10.2. The summed E-state index contributed by atoms with van der Waals surface area (Å²) in [6.07, 6.45) is 1.90. The van der Waals surface area contributed by atoms with E-state index in [9.17, 15) is 9.59 Å². The van der Waals surface area contributed by atoms with Crippen LogP contribution in [-0.4, -0.2) is 43.2 Å². The van der Waals surface area contributed by atoms with E-state index >= 15 is 0 Å². The average molecular weight is 442 g/mol. The van der Waals surface area contributed by atoms with Gasteiger partial charge in [-0.2, -0.15) is 5.10 Å². The highest BCUT2D eigenvalue weighted by Gasteiger charge is 2.24. The van der Waals surface area contributed by atoms with Gasteiger partial charge in [-0.3, -0.25) is 18.8 Å². The zero-order valence-corrected chi connectivity index (χ0v) is 19.0. The van der Waals surface area contributed by atoms with E-state index in [1.165, 1.54) is 11.8 Å². The fraction of sp³-hybridized carbons (Fsp3) is 0.455. The van der Waals surface area contributed by atoms with Gasteiger partial charge in [0.05, 0.1) is 45.9 Å². The van der Waals surface area contributed by atoms with E-state index < -0.39 is 5.25 Å². The van der Waals surface area contributed by atoms with Gasteiger partial charge in [-0.15, -0.1) is 0 Å². The van der Waals surface area contributed by atoms with Crippen molar-refractivity contribution in [3.63, 3.8) is 0 Å². The summed E-state index contributed by atoms with van der Waals surface area (Å²) in [5, 5.41) is 7.97. The van der Waals surface area contributed by atoms with Crippen molar-refractivity contribution in [3.8, 4) is 0 Å². The third-order valence-electron chi connectivity index (χ3n) is 5.65. The number of anilines is 1. The number of para-hydroxylation sites is 1. The third-order valence-corrected chi connectivity index (χ3v) is 6.74. The summed E-state index contributed by atoms with van der Waals surface area (Å²) in [6.45, 7) is 6.75. The summed E-state index contributed by atoms with van der Waals surface area (Å²) < 4.78 is 9.16. The number of aryl methyl sites for hydroxylation is 2. The predicted molar refractivity (Wildman–Crippen MR) is 122 cm³/mol. The molecule has 1 N–H and O–H groups in total. The number of fused-ring (bicyclic) bond motifs is 1. The highest BCUT2D eigenvalue weighted by atomic mass is 32.2. The van der Waals surface area contributed by atoms with Gasteiger partial charge in [-0.1, -0.05) is 23.9 Å². The summed E-state index contributed by atoms with van der Waals surface area (Å²) >= 11 is 1.29. The van der Waals surface area contributed by atoms with Gasteiger partial charge in [-0.25, -0.2) is 4.98 Å². The molecule has 4 rings (SSSR count). The molecule has 31 heavy (non-hydrogen) atoms. The summed E-state index contributed by atoms with van der Waals surface area (Å²) in [7, 11) is 1.85. The molecule has 0 saturated carbocycles. The monoisotopic (exact) mass is 441 g/mol. The number of benzene rings is 1. The molecule has 8 nitrogen and oxygen atoms in total. The molecule has 3 aromatic rings. The van der Waals surface area contributed by atoms with Crippen LogP contribution in [0.1, 0.15) is 31.2 Å². The summed E-state index contributed by atoms with van der Waals surface area (Å²) in [6, 6.07) is 7.31. The average Bonchev–Trinajstić information content (AvgIpc) is 3.34. The molecule has 0 bridgehead atoms. The molecule has 164 valence electrons. The van der Waals surface area contributed by atoms with Gasteiger partial charge in [0, 0.05) is 13.7 Å². The van der Waals surface area contributed by atoms with Crippen LogP contribution in [0.15, 0.2) is 34.2 Å². The van der Waals surface area contributed by atoms with Crippen molar-refractivity contribution in [2.75, 3.05) is 11.9 Å². The molecule has 1 fully saturated rings. The molecule has 1 aromatic carbocycles. The topological polar surface area (TPSA) is 91.0 Å². The first-order valence-corrected chi connectivity index (χ1v) is 11.3. The van der Waals surface area contributed by atoms with Crippen molar-refractivity contribution in [2.24, 2.45) is 7.05 Å². The number of nitrogens with zero attached hydrogens (tertiary/aromatic N) is 4. The maximum atomic E-state index is 13.2. The Hall–Kier alpha value is -2.65. The Kier molecular flexibility index (Phi) is 6.15. The second kappa shape index (κ2) is 8.84. The Bertz CT molecular complexity index is 1180. The van der Waals surface area contributed by atoms with Crippen molar-refractivity contribution < 1.29 is 9.53 Å². The minimum atomic E-state index is -0.456. The molecule has 0 aliphatic carbocycles. The lowest BCUT2D eigenvalue weighted by Crippen LogP contribution is -2.30. The van der Waals surface area contributed by atoms with Gasteiger partial charge >= 0.3 is 0 Å². The van der Waals surface area contributed by atoms with Gasteiger partial charge in [0.15, 0.2) is 5.16 Å². The second-order valence-corrected chi connectivity index (χ2v) is 9.19. The molecule has 0 spiro atoms. The Labute approximate surface area is 185 Å². The van der Waals surface area contributed by atoms with E-state index in [1.54, 1.807) is 15.3 Å². The molecule has 1 aliphatic rings. The van der Waals surface area contributed by atoms with Crippen LogP contribution in [0.25, 0.3) is 10.9 Å². The number of thioether (sulfide) groups is 1. The first kappa shape index (κ1) is 21.6. The molecule has 1 saturated heterocycles. The zero-order chi connectivity index (χ0) is 22.1. The van der Waals surface area contributed by atoms with Crippen LogP contribution in [0.4, 0.5) is 5.69 Å². The molecule has 2 atom stereocenters. The second-order valence-electron chi connectivity index (χ2n) is 7.88. The largest absolute Gasteiger partial charge is 0.376 e. The van der Waals surface area contributed by atoms with E-state index in [0.29, 0.717) is 29.2 Å². The Morgan fingerprint density at radius 1 is 1.35 bits per heavy atom. The zero-order valence-electron chi connectivity index (χ0n) is 18.2. The highest BCUT2D eigenvalue weighted by molar-refractivity contribution is 8.00. The summed E-state index contributed by atoms with van der Waals surface area (Å²) in [4.78, 5) is 30.9. The molecule has 9 heteroatoms. The van der Waals surface area contributed by atoms with Crippen LogP contribution in [0, 0.1) is 13.8 Å². The number of aromatic nitrogens is 4. The van der Waals surface area contributed by atoms with E-state index in [4.69, 9.17) is 9.72 Å². The first-order valence-electron chi connectivity index (χ1n) is 10.4. The molecule has 0 unspecified atom stereocenters. The number of ether oxygens (including phenoxy) is 1. The van der Waals surface area contributed by atoms with Crippen LogP contribution in [-0.2, 0) is 23.1 Å². The van der Waals surface area contributed by atoms with Gasteiger partial charge < -0.3 is 10.1 Å². The molecule has 3 heterocycles. The van der Waals surface area contributed by atoms with Crippen LogP contribution in [0.5, 0.6) is 0 Å². The van der Waals surface area contributed by atoms with Crippen LogP contribution in [0.3, 0.4) is 0 Å². The van der Waals surface area contributed by atoms with Crippen molar-refractivity contribution in [2.45, 2.75) is 56.7 Å². The summed E-state index contributed by atoms with van der Waals surface area (Å²) in [5.41, 5.74) is 2.91. The molecule has 1 amide bonds. The minimum absolute atomic E-state index is 0.00941. The van der Waals surface area contributed by atoms with E-state index in [0.717, 1.165) is 29.9 Å². The Morgan fingerprint density at radius 2 is 2.13 bits per heavy atom. The third kappa shape index (κ3) is 4.38. The number of carbonyl (C=O) groups excluding carboxylic acids is 1. The molecule has 2 aromatic heterocycles. The number of amides is 1. The number of carbonyl (C=O) groups is 1. The first-order chi connectivity index (χ1) is 14.8. The lowest BCUT2D eigenvalue weighted by molar-refractivity contribution is -0.115. The Morgan fingerprint density at radius 3 is 2.81 bits per heavy atom. The van der Waals surface area contributed by atoms with E-state index in [-0.39, 0.29) is 17.6 Å². The van der Waals surface area contributed by atoms with Crippen molar-refractivity contribution in [3.05, 3.63) is 46.0 Å². The van der Waals surface area contributed by atoms with Crippen molar-refractivity contribution in [1.82, 2.24) is 19.3 Å². The van der Waals surface area contributed by atoms with Gasteiger partial charge in [0.1, 0.15) is 0 Å². The van der Waals surface area contributed by atoms with Gasteiger partial charge in [0.25, 0.3) is 5.56 Å². The van der Waals surface area contributed by atoms with Crippen LogP contribution in [0.2, 0.25) is 0 Å². The number of hydrogen-bond acceptors (Lipinski definition) is 6. The maximum absolute atomic E-state index is 13.2. The smallest absolute Gasteiger partial charge is 0.262 e. The fourth-order valence-electron chi connectivity index (χ4n) is 3.78. The Balaban J connectivity index is 1.62. The molecule has 0 radical (unpaired) electrons. The summed E-state index contributed by atoms with van der Waals surface area (Å²) in [5.74, 6) is -0.157. The van der Waals surface area contributed by atoms with Crippen molar-refractivity contribution in [1.29, 1.82) is 0 Å². The van der Waals surface area contributed by atoms with Gasteiger partial charge in [0.2, 0.25) is 5.91 Å². The highest BCUT2D eigenvalue weighted by Crippen LogP contribution is 2.26. The molecular formula is C22H27N5O3S. The molecular weight excluding hydrogens is 414 g/mol. The number of hydrogen-bond donors (Lipinski definition) is 1. The minimum Gasteiger partial charge on any atom is -0.376 e. The maximum Gasteiger partial charge on any atom is 0.262 e. The van der Waals surface area contributed by atoms with Crippen LogP contribution >= 0.6 is 11.8 Å². The number of rotatable bonds is 6. The van der Waals surface area contributed by atoms with E-state index in [1.807, 2.05) is 46.0 Å². The normalized spacial score (nSPS) is 17.2.